The minimum atomic E-state index is 0.0508. The Labute approximate surface area is 183 Å². The van der Waals surface area contributed by atoms with Crippen molar-refractivity contribution in [2.45, 2.75) is 58.4 Å². The average molecular weight is 418 g/mol. The highest BCUT2D eigenvalue weighted by atomic mass is 16.2. The van der Waals surface area contributed by atoms with Gasteiger partial charge in [-0.2, -0.15) is 5.10 Å². The molecule has 0 saturated carbocycles. The predicted molar refractivity (Wildman–Crippen MR) is 124 cm³/mol. The number of aromatic nitrogens is 3. The van der Waals surface area contributed by atoms with Crippen molar-refractivity contribution in [2.24, 2.45) is 0 Å². The number of benzene rings is 1. The van der Waals surface area contributed by atoms with Gasteiger partial charge in [0.05, 0.1) is 5.69 Å². The van der Waals surface area contributed by atoms with Crippen molar-refractivity contribution in [2.75, 3.05) is 25.0 Å². The Balaban J connectivity index is 1.52. The van der Waals surface area contributed by atoms with E-state index >= 15 is 0 Å². The molecule has 1 fully saturated rings. The van der Waals surface area contributed by atoms with Crippen LogP contribution in [0, 0.1) is 0 Å². The summed E-state index contributed by atoms with van der Waals surface area (Å²) in [7, 11) is 2.14. The van der Waals surface area contributed by atoms with Crippen LogP contribution in [0.5, 0.6) is 0 Å². The van der Waals surface area contributed by atoms with Gasteiger partial charge in [0.2, 0.25) is 0 Å². The molecule has 0 aliphatic carbocycles. The van der Waals surface area contributed by atoms with Crippen molar-refractivity contribution in [1.82, 2.24) is 19.5 Å². The van der Waals surface area contributed by atoms with Gasteiger partial charge in [-0.05, 0) is 56.4 Å². The maximum absolute atomic E-state index is 13.3. The first-order chi connectivity index (χ1) is 15.0. The van der Waals surface area contributed by atoms with Crippen LogP contribution in [-0.4, -0.2) is 51.6 Å². The Bertz CT molecular complexity index is 1130. The van der Waals surface area contributed by atoms with E-state index in [4.69, 9.17) is 10.1 Å². The number of carbonyl (C=O) groups excluding carboxylic acids is 1. The molecule has 31 heavy (non-hydrogen) atoms. The zero-order valence-electron chi connectivity index (χ0n) is 18.8. The molecule has 0 spiro atoms. The van der Waals surface area contributed by atoms with Crippen molar-refractivity contribution >= 4 is 17.2 Å². The smallest absolute Gasteiger partial charge is 0.272 e. The van der Waals surface area contributed by atoms with E-state index in [9.17, 15) is 4.79 Å². The zero-order valence-corrected chi connectivity index (χ0v) is 18.8. The number of likely N-dealkylation sites (tertiary alicyclic amines) is 1. The summed E-state index contributed by atoms with van der Waals surface area (Å²) in [6, 6.07) is 10.8. The number of amides is 1. The van der Waals surface area contributed by atoms with Crippen LogP contribution < -0.4 is 4.90 Å². The van der Waals surface area contributed by atoms with Gasteiger partial charge in [0.1, 0.15) is 5.69 Å². The van der Waals surface area contributed by atoms with Crippen LogP contribution in [0.4, 0.5) is 5.69 Å². The molecule has 2 aromatic heterocycles. The molecule has 1 atom stereocenters. The molecular formula is C25H31N5O. The molecular weight excluding hydrogens is 386 g/mol. The molecule has 0 N–H and O–H groups in total. The number of hydrogen-bond acceptors (Lipinski definition) is 4. The maximum Gasteiger partial charge on any atom is 0.272 e. The number of carbonyl (C=O) groups is 1. The molecule has 1 amide bonds. The van der Waals surface area contributed by atoms with Crippen LogP contribution in [0.1, 0.15) is 61.3 Å². The van der Waals surface area contributed by atoms with Crippen LogP contribution in [-0.2, 0) is 12.8 Å². The van der Waals surface area contributed by atoms with Gasteiger partial charge in [0.25, 0.3) is 5.91 Å². The highest BCUT2D eigenvalue weighted by Crippen LogP contribution is 2.31. The molecule has 1 unspecified atom stereocenters. The van der Waals surface area contributed by atoms with E-state index < -0.39 is 0 Å². The second-order valence-corrected chi connectivity index (χ2v) is 9.00. The van der Waals surface area contributed by atoms with Crippen LogP contribution in [0.2, 0.25) is 0 Å². The van der Waals surface area contributed by atoms with Crippen molar-refractivity contribution in [3.8, 4) is 11.3 Å². The largest absolute Gasteiger partial charge is 0.374 e. The Morgan fingerprint density at radius 1 is 1.13 bits per heavy atom. The van der Waals surface area contributed by atoms with E-state index in [-0.39, 0.29) is 11.9 Å². The van der Waals surface area contributed by atoms with Gasteiger partial charge in [0.15, 0.2) is 5.65 Å². The molecule has 6 heteroatoms. The number of rotatable bonds is 3. The van der Waals surface area contributed by atoms with Gasteiger partial charge in [-0.25, -0.2) is 9.50 Å². The summed E-state index contributed by atoms with van der Waals surface area (Å²) in [6.45, 7) is 6.14. The van der Waals surface area contributed by atoms with Crippen LogP contribution >= 0.6 is 0 Å². The number of hydrogen-bond donors (Lipinski definition) is 0. The summed E-state index contributed by atoms with van der Waals surface area (Å²) in [5.41, 5.74) is 7.00. The molecule has 4 heterocycles. The van der Waals surface area contributed by atoms with Gasteiger partial charge in [0, 0.05) is 49.2 Å². The normalized spacial score (nSPS) is 19.0. The predicted octanol–water partition coefficient (Wildman–Crippen LogP) is 4.36. The van der Waals surface area contributed by atoms with Crippen LogP contribution in [0.3, 0.4) is 0 Å². The molecule has 6 nitrogen and oxygen atoms in total. The van der Waals surface area contributed by atoms with E-state index in [1.54, 1.807) is 0 Å². The van der Waals surface area contributed by atoms with Gasteiger partial charge in [-0.1, -0.05) is 25.8 Å². The minimum absolute atomic E-state index is 0.0508. The van der Waals surface area contributed by atoms with Gasteiger partial charge >= 0.3 is 0 Å². The van der Waals surface area contributed by atoms with E-state index in [2.05, 4.69) is 44.0 Å². The quantitative estimate of drug-likeness (QED) is 0.636. The van der Waals surface area contributed by atoms with Crippen LogP contribution in [0.25, 0.3) is 16.9 Å². The summed E-state index contributed by atoms with van der Waals surface area (Å²) in [5, 5.41) is 4.86. The lowest BCUT2D eigenvalue weighted by molar-refractivity contribution is 0.0692. The molecule has 0 radical (unpaired) electrons. The highest BCUT2D eigenvalue weighted by Gasteiger charge is 2.25. The molecule has 3 aromatic rings. The first-order valence-corrected chi connectivity index (χ1v) is 11.6. The number of nitrogens with zero attached hydrogens (tertiary/aromatic N) is 5. The number of likely N-dealkylation sites (N-methyl/N-ethyl adjacent to an activating group) is 1. The third-order valence-electron chi connectivity index (χ3n) is 6.90. The molecule has 0 bridgehead atoms. The van der Waals surface area contributed by atoms with Gasteiger partial charge < -0.3 is 9.80 Å². The van der Waals surface area contributed by atoms with Crippen molar-refractivity contribution in [1.29, 1.82) is 0 Å². The summed E-state index contributed by atoms with van der Waals surface area (Å²) in [5.74, 6) is 0.0508. The lowest BCUT2D eigenvalue weighted by Gasteiger charge is -2.27. The molecule has 5 rings (SSSR count). The van der Waals surface area contributed by atoms with E-state index in [0.717, 1.165) is 61.4 Å². The average Bonchev–Trinajstić information content (AvgIpc) is 3.31. The number of fused-ring (bicyclic) bond motifs is 2. The Morgan fingerprint density at radius 2 is 2.00 bits per heavy atom. The van der Waals surface area contributed by atoms with Crippen LogP contribution in [0.15, 0.2) is 30.3 Å². The summed E-state index contributed by atoms with van der Waals surface area (Å²) in [4.78, 5) is 22.4. The highest BCUT2D eigenvalue weighted by molar-refractivity contribution is 5.93. The Kier molecular flexibility index (Phi) is 5.16. The van der Waals surface area contributed by atoms with Crippen molar-refractivity contribution in [3.05, 3.63) is 47.3 Å². The molecule has 1 saturated heterocycles. The van der Waals surface area contributed by atoms with Crippen molar-refractivity contribution in [3.63, 3.8) is 0 Å². The second-order valence-electron chi connectivity index (χ2n) is 9.00. The van der Waals surface area contributed by atoms with Gasteiger partial charge in [-0.15, -0.1) is 0 Å². The summed E-state index contributed by atoms with van der Waals surface area (Å²) in [6.07, 6.45) is 6.40. The first kappa shape index (κ1) is 20.0. The number of anilines is 1. The molecule has 2 aliphatic rings. The lowest BCUT2D eigenvalue weighted by atomic mass is 10.1. The fraction of sp³-hybridized carbons (Fsp3) is 0.480. The van der Waals surface area contributed by atoms with Crippen molar-refractivity contribution < 1.29 is 4.79 Å². The number of aryl methyl sites for hydroxylation is 1. The van der Waals surface area contributed by atoms with E-state index in [1.807, 2.05) is 21.5 Å². The Morgan fingerprint density at radius 3 is 2.84 bits per heavy atom. The standard InChI is InChI=1S/C25H31N5O/c1-4-20-15-22(25(31)29-12-7-5-6-8-17(29)2)26-24-16-21(27-30(20)24)18-9-10-23-19(14-18)11-13-28(23)3/h9-10,14-17H,4-8,11-13H2,1-3H3. The maximum atomic E-state index is 13.3. The Hall–Kier alpha value is -2.89. The molecule has 162 valence electrons. The lowest BCUT2D eigenvalue weighted by Crippen LogP contribution is -2.38. The first-order valence-electron chi connectivity index (χ1n) is 11.6. The fourth-order valence-corrected chi connectivity index (χ4v) is 4.99. The zero-order chi connectivity index (χ0) is 21.5. The monoisotopic (exact) mass is 417 g/mol. The fourth-order valence-electron chi connectivity index (χ4n) is 4.99. The van der Waals surface area contributed by atoms with E-state index in [0.29, 0.717) is 5.69 Å². The summed E-state index contributed by atoms with van der Waals surface area (Å²) < 4.78 is 1.90. The third-order valence-corrected chi connectivity index (χ3v) is 6.90. The minimum Gasteiger partial charge on any atom is -0.374 e. The third kappa shape index (κ3) is 3.58. The molecule has 1 aromatic carbocycles. The SMILES string of the molecule is CCc1cc(C(=O)N2CCCCCC2C)nc2cc(-c3ccc4c(c3)CCN4C)nn12. The summed E-state index contributed by atoms with van der Waals surface area (Å²) >= 11 is 0. The topological polar surface area (TPSA) is 53.7 Å². The second kappa shape index (κ2) is 7.98. The van der Waals surface area contributed by atoms with E-state index in [1.165, 1.54) is 24.1 Å². The molecule has 2 aliphatic heterocycles. The van der Waals surface area contributed by atoms with Gasteiger partial charge in [-0.3, -0.25) is 4.79 Å².